The van der Waals surface area contributed by atoms with Gasteiger partial charge in [0.15, 0.2) is 5.69 Å². The summed E-state index contributed by atoms with van der Waals surface area (Å²) in [5.41, 5.74) is 3.85. The predicted molar refractivity (Wildman–Crippen MR) is 126 cm³/mol. The van der Waals surface area contributed by atoms with E-state index in [1.54, 1.807) is 23.7 Å². The molecule has 0 aliphatic rings. The molecule has 0 spiro atoms. The van der Waals surface area contributed by atoms with Gasteiger partial charge in [0.2, 0.25) is 5.89 Å². The first kappa shape index (κ1) is 22.5. The lowest BCUT2D eigenvalue weighted by molar-refractivity contribution is 0.102. The Morgan fingerprint density at radius 1 is 1.18 bits per heavy atom. The molecule has 0 radical (unpaired) electrons. The Bertz CT molecular complexity index is 1310. The summed E-state index contributed by atoms with van der Waals surface area (Å²) in [6.07, 6.45) is 0. The van der Waals surface area contributed by atoms with Crippen LogP contribution < -0.4 is 10.1 Å². The van der Waals surface area contributed by atoms with E-state index in [-0.39, 0.29) is 11.6 Å². The van der Waals surface area contributed by atoms with E-state index in [4.69, 9.17) is 20.8 Å². The fourth-order valence-electron chi connectivity index (χ4n) is 3.34. The second kappa shape index (κ2) is 9.46. The minimum atomic E-state index is -0.359. The van der Waals surface area contributed by atoms with Crippen LogP contribution in [0.5, 0.6) is 5.75 Å². The van der Waals surface area contributed by atoms with E-state index in [0.717, 1.165) is 11.1 Å². The molecule has 0 aliphatic heterocycles. The Morgan fingerprint density at radius 2 is 1.97 bits per heavy atom. The van der Waals surface area contributed by atoms with E-state index in [0.29, 0.717) is 52.6 Å². The molecule has 0 bridgehead atoms. The number of para-hydroxylation sites is 1. The van der Waals surface area contributed by atoms with Crippen molar-refractivity contribution < 1.29 is 13.9 Å². The molecule has 2 heterocycles. The summed E-state index contributed by atoms with van der Waals surface area (Å²) in [5, 5.41) is 11.6. The number of hydrogen-bond donors (Lipinski definition) is 1. The van der Waals surface area contributed by atoms with E-state index >= 15 is 0 Å². The Balaban J connectivity index is 1.54. The summed E-state index contributed by atoms with van der Waals surface area (Å²) in [6, 6.07) is 12.9. The van der Waals surface area contributed by atoms with Crippen LogP contribution in [0, 0.1) is 20.8 Å². The minimum absolute atomic E-state index is 0.231. The van der Waals surface area contributed by atoms with Gasteiger partial charge in [-0.1, -0.05) is 35.0 Å². The molecule has 8 nitrogen and oxygen atoms in total. The van der Waals surface area contributed by atoms with Gasteiger partial charge in [0.05, 0.1) is 24.4 Å². The normalized spacial score (nSPS) is 10.9. The van der Waals surface area contributed by atoms with Gasteiger partial charge in [0, 0.05) is 10.7 Å². The number of amides is 1. The van der Waals surface area contributed by atoms with Gasteiger partial charge >= 0.3 is 0 Å². The van der Waals surface area contributed by atoms with Gasteiger partial charge in [0.1, 0.15) is 17.2 Å². The van der Waals surface area contributed by atoms with Gasteiger partial charge in [-0.05, 0) is 57.5 Å². The zero-order valence-corrected chi connectivity index (χ0v) is 19.6. The molecule has 2 aromatic carbocycles. The number of rotatable bonds is 7. The Hall–Kier alpha value is -3.65. The van der Waals surface area contributed by atoms with Crippen LogP contribution in [0.25, 0.3) is 11.5 Å². The van der Waals surface area contributed by atoms with Crippen LogP contribution in [-0.2, 0) is 6.54 Å². The predicted octanol–water partition coefficient (Wildman–Crippen LogP) is 5.21. The Morgan fingerprint density at radius 3 is 2.73 bits per heavy atom. The first-order chi connectivity index (χ1) is 15.9. The number of ether oxygens (including phenoxy) is 1. The van der Waals surface area contributed by atoms with Crippen molar-refractivity contribution >= 4 is 23.2 Å². The van der Waals surface area contributed by atoms with Crippen LogP contribution in [0.1, 0.15) is 40.1 Å². The highest BCUT2D eigenvalue weighted by molar-refractivity contribution is 6.31. The average Bonchev–Trinajstić information content (AvgIpc) is 3.34. The molecule has 33 heavy (non-hydrogen) atoms. The molecule has 9 heteroatoms. The maximum absolute atomic E-state index is 12.7. The summed E-state index contributed by atoms with van der Waals surface area (Å²) < 4.78 is 13.2. The van der Waals surface area contributed by atoms with Crippen LogP contribution in [0.15, 0.2) is 46.9 Å². The molecule has 1 amide bonds. The van der Waals surface area contributed by atoms with Gasteiger partial charge < -0.3 is 14.5 Å². The third kappa shape index (κ3) is 4.75. The highest BCUT2D eigenvalue weighted by Gasteiger charge is 2.20. The number of nitrogens with one attached hydrogen (secondary N) is 1. The summed E-state index contributed by atoms with van der Waals surface area (Å²) in [6.45, 7) is 8.32. The maximum Gasteiger partial charge on any atom is 0.278 e. The summed E-state index contributed by atoms with van der Waals surface area (Å²) in [5.74, 6) is 1.48. The maximum atomic E-state index is 12.7. The Kier molecular flexibility index (Phi) is 6.46. The van der Waals surface area contributed by atoms with Crippen molar-refractivity contribution in [2.75, 3.05) is 11.9 Å². The molecule has 0 unspecified atom stereocenters. The SMILES string of the molecule is CCOc1ccccc1-c1nc(Cn2nnc(C(=O)Nc3ccc(C)c(Cl)c3)c2C)c(C)o1. The van der Waals surface area contributed by atoms with Crippen molar-refractivity contribution in [2.45, 2.75) is 34.2 Å². The number of carbonyl (C=O) groups is 1. The number of nitrogens with zero attached hydrogens (tertiary/aromatic N) is 4. The molecule has 1 N–H and O–H groups in total. The lowest BCUT2D eigenvalue weighted by atomic mass is 10.2. The number of hydrogen-bond acceptors (Lipinski definition) is 6. The van der Waals surface area contributed by atoms with Crippen LogP contribution in [0.3, 0.4) is 0 Å². The summed E-state index contributed by atoms with van der Waals surface area (Å²) in [7, 11) is 0. The van der Waals surface area contributed by atoms with Crippen molar-refractivity contribution in [3.63, 3.8) is 0 Å². The zero-order chi connectivity index (χ0) is 23.5. The number of anilines is 1. The largest absolute Gasteiger partial charge is 0.493 e. The van der Waals surface area contributed by atoms with Crippen LogP contribution >= 0.6 is 11.6 Å². The van der Waals surface area contributed by atoms with Crippen molar-refractivity contribution in [1.29, 1.82) is 0 Å². The van der Waals surface area contributed by atoms with Crippen molar-refractivity contribution in [3.05, 3.63) is 75.9 Å². The number of aromatic nitrogens is 4. The first-order valence-corrected chi connectivity index (χ1v) is 10.9. The molecule has 0 saturated heterocycles. The number of oxazole rings is 1. The van der Waals surface area contributed by atoms with E-state index in [9.17, 15) is 4.79 Å². The molecule has 4 aromatic rings. The van der Waals surface area contributed by atoms with Crippen molar-refractivity contribution in [3.8, 4) is 17.2 Å². The molecule has 0 fully saturated rings. The fourth-order valence-corrected chi connectivity index (χ4v) is 3.52. The smallest absolute Gasteiger partial charge is 0.278 e. The highest BCUT2D eigenvalue weighted by atomic mass is 35.5. The van der Waals surface area contributed by atoms with Gasteiger partial charge in [-0.15, -0.1) is 5.10 Å². The third-order valence-corrected chi connectivity index (χ3v) is 5.64. The average molecular weight is 466 g/mol. The Labute approximate surface area is 196 Å². The molecule has 0 atom stereocenters. The number of benzene rings is 2. The summed E-state index contributed by atoms with van der Waals surface area (Å²) in [4.78, 5) is 17.4. The van der Waals surface area contributed by atoms with Crippen LogP contribution in [-0.4, -0.2) is 32.5 Å². The lowest BCUT2D eigenvalue weighted by Gasteiger charge is -2.06. The molecule has 4 rings (SSSR count). The molecule has 0 saturated carbocycles. The molecule has 170 valence electrons. The zero-order valence-electron chi connectivity index (χ0n) is 18.8. The van der Waals surface area contributed by atoms with Crippen LogP contribution in [0.4, 0.5) is 5.69 Å². The lowest BCUT2D eigenvalue weighted by Crippen LogP contribution is -2.14. The molecular weight excluding hydrogens is 442 g/mol. The van der Waals surface area contributed by atoms with E-state index in [1.165, 1.54) is 0 Å². The van der Waals surface area contributed by atoms with Crippen molar-refractivity contribution in [2.24, 2.45) is 0 Å². The van der Waals surface area contributed by atoms with Gasteiger partial charge in [-0.2, -0.15) is 0 Å². The second-order valence-corrected chi connectivity index (χ2v) is 7.96. The molecular formula is C24H24ClN5O3. The van der Waals surface area contributed by atoms with E-state index < -0.39 is 0 Å². The van der Waals surface area contributed by atoms with Gasteiger partial charge in [-0.3, -0.25) is 4.79 Å². The minimum Gasteiger partial charge on any atom is -0.493 e. The standard InChI is InChI=1S/C24H24ClN5O3/c1-5-32-21-9-7-6-8-18(21)24-27-20(16(4)33-24)13-30-15(3)22(28-29-30)23(31)26-17-11-10-14(2)19(25)12-17/h6-12H,5,13H2,1-4H3,(H,26,31). The topological polar surface area (TPSA) is 95.1 Å². The molecule has 2 aromatic heterocycles. The highest BCUT2D eigenvalue weighted by Crippen LogP contribution is 2.31. The van der Waals surface area contributed by atoms with Gasteiger partial charge in [-0.25, -0.2) is 9.67 Å². The van der Waals surface area contributed by atoms with Crippen LogP contribution in [0.2, 0.25) is 5.02 Å². The van der Waals surface area contributed by atoms with E-state index in [2.05, 4.69) is 20.6 Å². The first-order valence-electron chi connectivity index (χ1n) is 10.5. The van der Waals surface area contributed by atoms with E-state index in [1.807, 2.05) is 51.1 Å². The number of halogens is 1. The van der Waals surface area contributed by atoms with Gasteiger partial charge in [0.25, 0.3) is 5.91 Å². The second-order valence-electron chi connectivity index (χ2n) is 7.55. The molecule has 0 aliphatic carbocycles. The third-order valence-electron chi connectivity index (χ3n) is 5.24. The quantitative estimate of drug-likeness (QED) is 0.402. The van der Waals surface area contributed by atoms with Crippen molar-refractivity contribution in [1.82, 2.24) is 20.0 Å². The number of aryl methyl sites for hydroxylation is 2. The monoisotopic (exact) mass is 465 g/mol. The number of carbonyl (C=O) groups excluding carboxylic acids is 1. The fraction of sp³-hybridized carbons (Fsp3) is 0.250. The summed E-state index contributed by atoms with van der Waals surface area (Å²) >= 11 is 6.15.